The molecule has 5 heteroatoms. The molecule has 1 aromatic rings. The molecule has 1 saturated heterocycles. The molecule has 2 aliphatic heterocycles. The molecule has 0 unspecified atom stereocenters. The van der Waals surface area contributed by atoms with Crippen LogP contribution < -0.4 is 4.90 Å². The maximum atomic E-state index is 11.4. The number of anilines is 1. The van der Waals surface area contributed by atoms with Gasteiger partial charge in [-0.1, -0.05) is 18.2 Å². The highest BCUT2D eigenvalue weighted by Gasteiger charge is 2.41. The number of hydrogen-bond donors (Lipinski definition) is 0. The van der Waals surface area contributed by atoms with Gasteiger partial charge >= 0.3 is 11.8 Å². The second-order valence-corrected chi connectivity index (χ2v) is 3.66. The Morgan fingerprint density at radius 3 is 2.44 bits per heavy atom. The highest BCUT2D eigenvalue weighted by molar-refractivity contribution is 6.45. The second kappa shape index (κ2) is 3.16. The van der Waals surface area contributed by atoms with Crippen LogP contribution in [0, 0.1) is 0 Å². The highest BCUT2D eigenvalue weighted by atomic mass is 16.2. The third-order valence-corrected chi connectivity index (χ3v) is 2.73. The van der Waals surface area contributed by atoms with Crippen LogP contribution in [0.2, 0.25) is 0 Å². The fraction of sp³-hybridized carbons (Fsp3) is 0.182. The Labute approximate surface area is 92.0 Å². The molecule has 0 N–H and O–H groups in total. The van der Waals surface area contributed by atoms with E-state index in [1.807, 2.05) is 35.2 Å². The van der Waals surface area contributed by atoms with Gasteiger partial charge in [-0.05, 0) is 12.1 Å². The summed E-state index contributed by atoms with van der Waals surface area (Å²) in [7, 11) is 0. The summed E-state index contributed by atoms with van der Waals surface area (Å²) in [4.78, 5) is 29.6. The van der Waals surface area contributed by atoms with Gasteiger partial charge in [0.15, 0.2) is 0 Å². The zero-order valence-corrected chi connectivity index (χ0v) is 8.46. The molecule has 80 valence electrons. The van der Waals surface area contributed by atoms with Gasteiger partial charge < -0.3 is 4.90 Å². The molecule has 3 rings (SSSR count). The summed E-state index contributed by atoms with van der Waals surface area (Å²) >= 11 is 0. The number of para-hydroxylation sites is 1. The van der Waals surface area contributed by atoms with Gasteiger partial charge in [0.2, 0.25) is 5.96 Å². The predicted molar refractivity (Wildman–Crippen MR) is 57.9 cm³/mol. The van der Waals surface area contributed by atoms with Crippen LogP contribution in [0.4, 0.5) is 5.69 Å². The Morgan fingerprint density at radius 2 is 1.69 bits per heavy atom. The maximum Gasteiger partial charge on any atom is 0.338 e. The van der Waals surface area contributed by atoms with Crippen molar-refractivity contribution in [2.45, 2.75) is 0 Å². The Bertz CT molecular complexity index is 495. The molecular formula is C11H9N3O2. The summed E-state index contributed by atoms with van der Waals surface area (Å²) in [6.07, 6.45) is 0. The van der Waals surface area contributed by atoms with Gasteiger partial charge in [0.05, 0.1) is 0 Å². The molecule has 0 atom stereocenters. The van der Waals surface area contributed by atoms with E-state index in [1.54, 1.807) is 0 Å². The Kier molecular flexibility index (Phi) is 1.80. The SMILES string of the molecule is O=C1N=C2N(CCN2c2ccccc2)C1=O. The minimum atomic E-state index is -0.671. The molecule has 5 nitrogen and oxygen atoms in total. The smallest absolute Gasteiger partial charge is 0.310 e. The van der Waals surface area contributed by atoms with E-state index in [0.29, 0.717) is 19.0 Å². The van der Waals surface area contributed by atoms with E-state index in [1.165, 1.54) is 4.90 Å². The van der Waals surface area contributed by atoms with Crippen molar-refractivity contribution in [3.63, 3.8) is 0 Å². The van der Waals surface area contributed by atoms with Crippen molar-refractivity contribution in [3.05, 3.63) is 30.3 Å². The second-order valence-electron chi connectivity index (χ2n) is 3.66. The average molecular weight is 215 g/mol. The van der Waals surface area contributed by atoms with Crippen LogP contribution >= 0.6 is 0 Å². The molecule has 2 amide bonds. The highest BCUT2D eigenvalue weighted by Crippen LogP contribution is 2.22. The van der Waals surface area contributed by atoms with Gasteiger partial charge in [-0.15, -0.1) is 0 Å². The molecule has 0 aliphatic carbocycles. The third kappa shape index (κ3) is 1.14. The van der Waals surface area contributed by atoms with E-state index in [4.69, 9.17) is 0 Å². The number of fused-ring (bicyclic) bond motifs is 1. The molecule has 1 aromatic carbocycles. The first-order valence-corrected chi connectivity index (χ1v) is 5.04. The van der Waals surface area contributed by atoms with Crippen molar-refractivity contribution in [1.82, 2.24) is 4.90 Å². The number of guanidine groups is 1. The van der Waals surface area contributed by atoms with Crippen molar-refractivity contribution in [1.29, 1.82) is 0 Å². The van der Waals surface area contributed by atoms with Crippen LogP contribution in [-0.4, -0.2) is 35.8 Å². The molecule has 1 fully saturated rings. The number of amides is 2. The number of aliphatic imine (C=N–C) groups is 1. The number of hydrogen-bond acceptors (Lipinski definition) is 3. The maximum absolute atomic E-state index is 11.4. The van der Waals surface area contributed by atoms with Gasteiger partial charge in [0.25, 0.3) is 0 Å². The minimum absolute atomic E-state index is 0.459. The van der Waals surface area contributed by atoms with Crippen LogP contribution in [0.1, 0.15) is 0 Å². The van der Waals surface area contributed by atoms with Crippen LogP contribution in [0.25, 0.3) is 0 Å². The lowest BCUT2D eigenvalue weighted by molar-refractivity contribution is -0.139. The Morgan fingerprint density at radius 1 is 1.00 bits per heavy atom. The zero-order chi connectivity index (χ0) is 11.1. The number of carbonyl (C=O) groups is 2. The molecule has 0 bridgehead atoms. The molecule has 0 saturated carbocycles. The molecule has 0 aromatic heterocycles. The van der Waals surface area contributed by atoms with Crippen molar-refractivity contribution in [2.24, 2.45) is 4.99 Å². The van der Waals surface area contributed by atoms with E-state index < -0.39 is 11.8 Å². The average Bonchev–Trinajstić information content (AvgIpc) is 2.83. The monoisotopic (exact) mass is 215 g/mol. The van der Waals surface area contributed by atoms with E-state index in [0.717, 1.165) is 5.69 Å². The lowest BCUT2D eigenvalue weighted by Gasteiger charge is -2.16. The summed E-state index contributed by atoms with van der Waals surface area (Å²) in [5.74, 6) is -0.731. The van der Waals surface area contributed by atoms with Gasteiger partial charge in [-0.25, -0.2) is 0 Å². The van der Waals surface area contributed by atoms with E-state index in [-0.39, 0.29) is 0 Å². The van der Waals surface area contributed by atoms with E-state index >= 15 is 0 Å². The summed E-state index contributed by atoms with van der Waals surface area (Å²) in [5.41, 5.74) is 0.950. The molecule has 2 aliphatic rings. The van der Waals surface area contributed by atoms with Gasteiger partial charge in [-0.3, -0.25) is 14.5 Å². The topological polar surface area (TPSA) is 53.0 Å². The Hall–Kier alpha value is -2.17. The van der Waals surface area contributed by atoms with Crippen LogP contribution in [-0.2, 0) is 9.59 Å². The third-order valence-electron chi connectivity index (χ3n) is 2.73. The van der Waals surface area contributed by atoms with E-state index in [9.17, 15) is 9.59 Å². The largest absolute Gasteiger partial charge is 0.338 e. The molecule has 16 heavy (non-hydrogen) atoms. The van der Waals surface area contributed by atoms with Crippen LogP contribution in [0.15, 0.2) is 35.3 Å². The number of benzene rings is 1. The standard InChI is InChI=1S/C11H9N3O2/c15-9-10(16)14-7-6-13(11(14)12-9)8-4-2-1-3-5-8/h1-5H,6-7H2. The molecule has 0 radical (unpaired) electrons. The normalized spacial score (nSPS) is 19.1. The van der Waals surface area contributed by atoms with E-state index in [2.05, 4.69) is 4.99 Å². The molecule has 0 spiro atoms. The molecular weight excluding hydrogens is 206 g/mol. The van der Waals surface area contributed by atoms with Crippen molar-refractivity contribution >= 4 is 23.5 Å². The first kappa shape index (κ1) is 9.08. The summed E-state index contributed by atoms with van der Waals surface area (Å²) in [5, 5.41) is 0. The van der Waals surface area contributed by atoms with Crippen LogP contribution in [0.5, 0.6) is 0 Å². The lowest BCUT2D eigenvalue weighted by atomic mass is 10.3. The first-order chi connectivity index (χ1) is 7.77. The van der Waals surface area contributed by atoms with Crippen molar-refractivity contribution in [3.8, 4) is 0 Å². The van der Waals surface area contributed by atoms with Gasteiger partial charge in [0.1, 0.15) is 0 Å². The molecule has 2 heterocycles. The fourth-order valence-corrected chi connectivity index (χ4v) is 1.97. The number of rotatable bonds is 1. The first-order valence-electron chi connectivity index (χ1n) is 5.04. The summed E-state index contributed by atoms with van der Waals surface area (Å²) in [6, 6.07) is 9.61. The van der Waals surface area contributed by atoms with Crippen molar-refractivity contribution in [2.75, 3.05) is 18.0 Å². The van der Waals surface area contributed by atoms with Crippen molar-refractivity contribution < 1.29 is 9.59 Å². The predicted octanol–water partition coefficient (Wildman–Crippen LogP) is 0.231. The van der Waals surface area contributed by atoms with Gasteiger partial charge in [-0.2, -0.15) is 4.99 Å². The quantitative estimate of drug-likeness (QED) is 0.630. The fourth-order valence-electron chi connectivity index (χ4n) is 1.97. The minimum Gasteiger partial charge on any atom is -0.310 e. The lowest BCUT2D eigenvalue weighted by Crippen LogP contribution is -2.33. The summed E-state index contributed by atoms with van der Waals surface area (Å²) in [6.45, 7) is 1.21. The van der Waals surface area contributed by atoms with Gasteiger partial charge in [0, 0.05) is 18.8 Å². The zero-order valence-electron chi connectivity index (χ0n) is 8.46. The Balaban J connectivity index is 1.99. The summed E-state index contributed by atoms with van der Waals surface area (Å²) < 4.78 is 0. The number of carbonyl (C=O) groups excluding carboxylic acids is 2. The number of nitrogens with zero attached hydrogens (tertiary/aromatic N) is 3. The van der Waals surface area contributed by atoms with Crippen LogP contribution in [0.3, 0.4) is 0 Å².